The van der Waals surface area contributed by atoms with Crippen LogP contribution >= 0.6 is 0 Å². The number of carbonyl (C=O) groups is 1. The summed E-state index contributed by atoms with van der Waals surface area (Å²) < 4.78 is 30.1. The number of nitrogens with one attached hydrogen (secondary N) is 1. The highest BCUT2D eigenvalue weighted by molar-refractivity contribution is 5.78. The number of fused-ring (bicyclic) bond motifs is 1. The average Bonchev–Trinajstić information content (AvgIpc) is 2.91. The lowest BCUT2D eigenvalue weighted by Crippen LogP contribution is -2.32. The van der Waals surface area contributed by atoms with Crippen LogP contribution in [-0.2, 0) is 30.8 Å². The first-order valence-corrected chi connectivity index (χ1v) is 9.78. The highest BCUT2D eigenvalue weighted by atomic mass is 19.1. The van der Waals surface area contributed by atoms with Gasteiger partial charge in [0, 0.05) is 43.4 Å². The van der Waals surface area contributed by atoms with Crippen molar-refractivity contribution in [3.63, 3.8) is 0 Å². The zero-order valence-electron chi connectivity index (χ0n) is 16.2. The van der Waals surface area contributed by atoms with Crippen molar-refractivity contribution in [2.24, 2.45) is 5.92 Å². The minimum Gasteiger partial charge on any atom is -0.352 e. The summed E-state index contributed by atoms with van der Waals surface area (Å²) in [4.78, 5) is 29.2. The molecular formula is C21H21F2N5O2. The van der Waals surface area contributed by atoms with Gasteiger partial charge in [-0.05, 0) is 48.7 Å². The normalized spacial score (nSPS) is 16.0. The van der Waals surface area contributed by atoms with E-state index in [0.717, 1.165) is 23.8 Å². The van der Waals surface area contributed by atoms with E-state index < -0.39 is 11.6 Å². The number of aryl methyl sites for hydroxylation is 1. The minimum absolute atomic E-state index is 0.0811. The van der Waals surface area contributed by atoms with E-state index in [1.165, 1.54) is 4.68 Å². The number of benzene rings is 1. The van der Waals surface area contributed by atoms with Crippen LogP contribution < -0.4 is 11.0 Å². The van der Waals surface area contributed by atoms with Gasteiger partial charge in [0.25, 0.3) is 0 Å². The summed E-state index contributed by atoms with van der Waals surface area (Å²) in [6.45, 7) is 0.670. The molecule has 1 atom stereocenters. The van der Waals surface area contributed by atoms with Gasteiger partial charge in [-0.1, -0.05) is 0 Å². The first-order chi connectivity index (χ1) is 14.5. The van der Waals surface area contributed by atoms with Crippen molar-refractivity contribution >= 4 is 5.91 Å². The minimum atomic E-state index is -0.563. The third-order valence-electron chi connectivity index (χ3n) is 5.33. The Hall–Kier alpha value is -3.36. The Kier molecular flexibility index (Phi) is 5.69. The largest absolute Gasteiger partial charge is 0.352 e. The number of carbonyl (C=O) groups excluding carboxylic acids is 1. The second-order valence-corrected chi connectivity index (χ2v) is 7.34. The Morgan fingerprint density at radius 1 is 1.17 bits per heavy atom. The Balaban J connectivity index is 1.39. The van der Waals surface area contributed by atoms with Crippen molar-refractivity contribution in [1.82, 2.24) is 24.6 Å². The summed E-state index contributed by atoms with van der Waals surface area (Å²) >= 11 is 0. The van der Waals surface area contributed by atoms with E-state index in [-0.39, 0.29) is 29.6 Å². The van der Waals surface area contributed by atoms with Gasteiger partial charge in [-0.15, -0.1) is 0 Å². The predicted octanol–water partition coefficient (Wildman–Crippen LogP) is 2.04. The van der Waals surface area contributed by atoms with E-state index in [9.17, 15) is 18.4 Å². The average molecular weight is 413 g/mol. The number of aromatic nitrogens is 4. The molecule has 0 fully saturated rings. The van der Waals surface area contributed by atoms with Crippen molar-refractivity contribution in [2.45, 2.75) is 38.9 Å². The van der Waals surface area contributed by atoms with Gasteiger partial charge in [-0.3, -0.25) is 14.3 Å². The highest BCUT2D eigenvalue weighted by Crippen LogP contribution is 2.19. The number of rotatable bonds is 5. The second kappa shape index (κ2) is 8.56. The third kappa shape index (κ3) is 4.29. The van der Waals surface area contributed by atoms with Gasteiger partial charge in [0.15, 0.2) is 0 Å². The number of nitrogens with zero attached hydrogens (tertiary/aromatic N) is 4. The molecule has 1 N–H and O–H groups in total. The van der Waals surface area contributed by atoms with Crippen LogP contribution in [0.5, 0.6) is 0 Å². The van der Waals surface area contributed by atoms with E-state index in [2.05, 4.69) is 15.4 Å². The molecule has 3 heterocycles. The van der Waals surface area contributed by atoms with Crippen LogP contribution in [0.2, 0.25) is 0 Å². The van der Waals surface area contributed by atoms with Crippen LogP contribution in [-0.4, -0.2) is 25.2 Å². The highest BCUT2D eigenvalue weighted by Gasteiger charge is 2.25. The van der Waals surface area contributed by atoms with Crippen LogP contribution in [0.15, 0.2) is 47.5 Å². The molecule has 4 rings (SSSR count). The molecule has 0 bridgehead atoms. The second-order valence-electron chi connectivity index (χ2n) is 7.34. The summed E-state index contributed by atoms with van der Waals surface area (Å²) in [7, 11) is 0. The lowest BCUT2D eigenvalue weighted by atomic mass is 9.99. The fraction of sp³-hybridized carbons (Fsp3) is 0.333. The van der Waals surface area contributed by atoms with Gasteiger partial charge >= 0.3 is 5.69 Å². The molecule has 0 spiro atoms. The maximum atomic E-state index is 13.7. The fourth-order valence-corrected chi connectivity index (χ4v) is 3.66. The van der Waals surface area contributed by atoms with Gasteiger partial charge < -0.3 is 5.32 Å². The van der Waals surface area contributed by atoms with Gasteiger partial charge in [0.1, 0.15) is 17.5 Å². The Morgan fingerprint density at radius 3 is 2.77 bits per heavy atom. The first-order valence-electron chi connectivity index (χ1n) is 9.78. The third-order valence-corrected chi connectivity index (χ3v) is 5.33. The Labute approximate surface area is 171 Å². The number of hydrogen-bond acceptors (Lipinski definition) is 4. The number of pyridine rings is 1. The summed E-state index contributed by atoms with van der Waals surface area (Å²) in [5.74, 6) is -1.02. The summed E-state index contributed by atoms with van der Waals surface area (Å²) in [6.07, 6.45) is 4.83. The molecular weight excluding hydrogens is 392 g/mol. The molecule has 9 heteroatoms. The van der Waals surface area contributed by atoms with Crippen molar-refractivity contribution < 1.29 is 13.6 Å². The molecule has 1 amide bonds. The van der Waals surface area contributed by atoms with Gasteiger partial charge in [-0.2, -0.15) is 5.10 Å². The van der Waals surface area contributed by atoms with E-state index in [0.29, 0.717) is 38.2 Å². The maximum absolute atomic E-state index is 13.7. The van der Waals surface area contributed by atoms with E-state index in [4.69, 9.17) is 0 Å². The zero-order valence-corrected chi connectivity index (χ0v) is 16.2. The van der Waals surface area contributed by atoms with Gasteiger partial charge in [0.2, 0.25) is 5.91 Å². The molecule has 1 aliphatic rings. The topological polar surface area (TPSA) is 81.8 Å². The lowest BCUT2D eigenvalue weighted by molar-refractivity contribution is -0.125. The molecule has 156 valence electrons. The summed E-state index contributed by atoms with van der Waals surface area (Å²) in [5, 5.41) is 7.12. The van der Waals surface area contributed by atoms with Crippen LogP contribution in [0.4, 0.5) is 8.78 Å². The Bertz CT molecular complexity index is 1110. The molecule has 7 nitrogen and oxygen atoms in total. The molecule has 0 saturated heterocycles. The summed E-state index contributed by atoms with van der Waals surface area (Å²) in [5.41, 5.74) is 0.829. The van der Waals surface area contributed by atoms with Gasteiger partial charge in [-0.25, -0.2) is 18.3 Å². The predicted molar refractivity (Wildman–Crippen MR) is 104 cm³/mol. The molecule has 3 aromatic rings. The van der Waals surface area contributed by atoms with Crippen molar-refractivity contribution in [1.29, 1.82) is 0 Å². The van der Waals surface area contributed by atoms with E-state index in [1.807, 2.05) is 12.1 Å². The standard InChI is InChI=1S/C21H21F2N5O2/c22-17-2-3-18(23)16(11-17)12-25-20(29)15-1-4-19-26-28(21(30)27(19)10-7-15)13-14-5-8-24-9-6-14/h2-3,5-6,8-9,11,15H,1,4,7,10,12-13H2,(H,25,29). The molecule has 0 radical (unpaired) electrons. The van der Waals surface area contributed by atoms with Crippen LogP contribution in [0, 0.1) is 17.6 Å². The molecule has 1 aliphatic heterocycles. The van der Waals surface area contributed by atoms with Crippen molar-refractivity contribution in [3.8, 4) is 0 Å². The zero-order chi connectivity index (χ0) is 21.1. The van der Waals surface area contributed by atoms with Crippen molar-refractivity contribution in [2.75, 3.05) is 0 Å². The smallest absolute Gasteiger partial charge is 0.346 e. The van der Waals surface area contributed by atoms with Crippen molar-refractivity contribution in [3.05, 3.63) is 81.8 Å². The SMILES string of the molecule is O=C(NCc1cc(F)ccc1F)C1CCc2nn(Cc3ccncc3)c(=O)n2CC1. The van der Waals surface area contributed by atoms with Crippen LogP contribution in [0.1, 0.15) is 29.8 Å². The summed E-state index contributed by atoms with van der Waals surface area (Å²) in [6, 6.07) is 6.81. The number of halogens is 2. The molecule has 2 aromatic heterocycles. The molecule has 0 saturated carbocycles. The maximum Gasteiger partial charge on any atom is 0.346 e. The van der Waals surface area contributed by atoms with Gasteiger partial charge in [0.05, 0.1) is 6.54 Å². The van der Waals surface area contributed by atoms with Crippen LogP contribution in [0.25, 0.3) is 0 Å². The van der Waals surface area contributed by atoms with E-state index in [1.54, 1.807) is 17.0 Å². The van der Waals surface area contributed by atoms with E-state index >= 15 is 0 Å². The van der Waals surface area contributed by atoms with Crippen LogP contribution in [0.3, 0.4) is 0 Å². The first kappa shape index (κ1) is 19.9. The lowest BCUT2D eigenvalue weighted by Gasteiger charge is -2.14. The Morgan fingerprint density at radius 2 is 1.97 bits per heavy atom. The molecule has 1 unspecified atom stereocenters. The quantitative estimate of drug-likeness (QED) is 0.694. The number of hydrogen-bond donors (Lipinski definition) is 1. The monoisotopic (exact) mass is 413 g/mol. The number of amides is 1. The molecule has 1 aromatic carbocycles. The molecule has 0 aliphatic carbocycles. The fourth-order valence-electron chi connectivity index (χ4n) is 3.66. The molecule has 30 heavy (non-hydrogen) atoms.